The summed E-state index contributed by atoms with van der Waals surface area (Å²) in [5.41, 5.74) is 6.18. The lowest BCUT2D eigenvalue weighted by atomic mass is 10.1. The van der Waals surface area contributed by atoms with Crippen molar-refractivity contribution in [1.82, 2.24) is 15.8 Å². The highest BCUT2D eigenvalue weighted by Gasteiger charge is 2.20. The van der Waals surface area contributed by atoms with Crippen molar-refractivity contribution in [2.24, 2.45) is 0 Å². The first-order valence-corrected chi connectivity index (χ1v) is 9.20. The standard InChI is InChI=1S/C20H17N3O4S/c1-13-21-17(14-8-4-2-5-9-14)18(28-13)20(26)27-12-16(24)22-23-19(25)15-10-6-3-7-11-15/h2-11H,12H2,1H3,(H,22,24)(H,23,25). The first kappa shape index (κ1) is 19.2. The van der Waals surface area contributed by atoms with Gasteiger partial charge in [0.1, 0.15) is 4.88 Å². The van der Waals surface area contributed by atoms with Gasteiger partial charge >= 0.3 is 5.97 Å². The molecule has 1 heterocycles. The van der Waals surface area contributed by atoms with Gasteiger partial charge in [-0.2, -0.15) is 0 Å². The minimum atomic E-state index is -0.653. The van der Waals surface area contributed by atoms with Gasteiger partial charge < -0.3 is 4.74 Å². The van der Waals surface area contributed by atoms with Crippen LogP contribution in [0.4, 0.5) is 0 Å². The van der Waals surface area contributed by atoms with Gasteiger partial charge in [0.05, 0.1) is 10.7 Å². The second kappa shape index (κ2) is 8.92. The van der Waals surface area contributed by atoms with Crippen LogP contribution in [0.25, 0.3) is 11.3 Å². The Hall–Kier alpha value is -3.52. The molecule has 0 saturated carbocycles. The first-order chi connectivity index (χ1) is 13.5. The Kier molecular flexibility index (Phi) is 6.13. The highest BCUT2D eigenvalue weighted by molar-refractivity contribution is 7.14. The zero-order valence-corrected chi connectivity index (χ0v) is 15.8. The van der Waals surface area contributed by atoms with Crippen molar-refractivity contribution < 1.29 is 19.1 Å². The Bertz CT molecular complexity index is 987. The van der Waals surface area contributed by atoms with Gasteiger partial charge in [0, 0.05) is 11.1 Å². The molecule has 1 aromatic heterocycles. The monoisotopic (exact) mass is 395 g/mol. The third-order valence-corrected chi connectivity index (χ3v) is 4.60. The van der Waals surface area contributed by atoms with Crippen LogP contribution in [0.5, 0.6) is 0 Å². The lowest BCUT2D eigenvalue weighted by Gasteiger charge is -2.08. The van der Waals surface area contributed by atoms with Gasteiger partial charge in [-0.15, -0.1) is 11.3 Å². The summed E-state index contributed by atoms with van der Waals surface area (Å²) in [5, 5.41) is 0.713. The molecule has 0 saturated heterocycles. The predicted molar refractivity (Wildman–Crippen MR) is 105 cm³/mol. The molecule has 0 aliphatic rings. The molecule has 2 aromatic carbocycles. The fourth-order valence-electron chi connectivity index (χ4n) is 2.38. The number of hydrazine groups is 1. The quantitative estimate of drug-likeness (QED) is 0.511. The molecule has 0 spiro atoms. The molecule has 0 atom stereocenters. The fraction of sp³-hybridized carbons (Fsp3) is 0.100. The second-order valence-corrected chi connectivity index (χ2v) is 6.92. The number of esters is 1. The summed E-state index contributed by atoms with van der Waals surface area (Å²) in [6.45, 7) is 1.26. The van der Waals surface area contributed by atoms with Crippen LogP contribution in [0.2, 0.25) is 0 Å². The van der Waals surface area contributed by atoms with Crippen molar-refractivity contribution >= 4 is 29.1 Å². The van der Waals surface area contributed by atoms with Gasteiger partial charge in [-0.25, -0.2) is 9.78 Å². The largest absolute Gasteiger partial charge is 0.451 e. The minimum absolute atomic E-state index is 0.324. The van der Waals surface area contributed by atoms with Crippen molar-refractivity contribution in [3.8, 4) is 11.3 Å². The van der Waals surface area contributed by atoms with E-state index in [2.05, 4.69) is 15.8 Å². The number of hydrogen-bond donors (Lipinski definition) is 2. The van der Waals surface area contributed by atoms with Crippen LogP contribution in [-0.2, 0) is 9.53 Å². The maximum Gasteiger partial charge on any atom is 0.351 e. The zero-order chi connectivity index (χ0) is 19.9. The summed E-state index contributed by atoms with van der Waals surface area (Å²) in [5.74, 6) is -1.76. The van der Waals surface area contributed by atoms with Gasteiger partial charge in [-0.1, -0.05) is 48.5 Å². The number of hydrogen-bond acceptors (Lipinski definition) is 6. The van der Waals surface area contributed by atoms with Crippen LogP contribution < -0.4 is 10.9 Å². The van der Waals surface area contributed by atoms with E-state index in [1.54, 1.807) is 37.3 Å². The van der Waals surface area contributed by atoms with Crippen LogP contribution in [0.1, 0.15) is 25.0 Å². The summed E-state index contributed by atoms with van der Waals surface area (Å²) in [6, 6.07) is 17.7. The molecule has 7 nitrogen and oxygen atoms in total. The summed E-state index contributed by atoms with van der Waals surface area (Å²) in [7, 11) is 0. The summed E-state index contributed by atoms with van der Waals surface area (Å²) >= 11 is 1.20. The van der Waals surface area contributed by atoms with Crippen molar-refractivity contribution in [2.45, 2.75) is 6.92 Å². The van der Waals surface area contributed by atoms with Crippen molar-refractivity contribution in [3.05, 3.63) is 76.1 Å². The molecule has 3 rings (SSSR count). The second-order valence-electron chi connectivity index (χ2n) is 5.72. The van der Waals surface area contributed by atoms with E-state index in [-0.39, 0.29) is 0 Å². The molecular weight excluding hydrogens is 378 g/mol. The van der Waals surface area contributed by atoms with E-state index in [1.165, 1.54) is 11.3 Å². The van der Waals surface area contributed by atoms with Gasteiger partial charge in [0.25, 0.3) is 11.8 Å². The average Bonchev–Trinajstić information content (AvgIpc) is 3.13. The van der Waals surface area contributed by atoms with E-state index in [0.717, 1.165) is 5.56 Å². The van der Waals surface area contributed by atoms with E-state index in [4.69, 9.17) is 4.74 Å². The number of amides is 2. The maximum absolute atomic E-state index is 12.4. The Labute approximate surface area is 165 Å². The molecular formula is C20H17N3O4S. The van der Waals surface area contributed by atoms with Crippen molar-refractivity contribution in [3.63, 3.8) is 0 Å². The van der Waals surface area contributed by atoms with Crippen molar-refractivity contribution in [2.75, 3.05) is 6.61 Å². The molecule has 0 aliphatic heterocycles. The first-order valence-electron chi connectivity index (χ1n) is 8.39. The summed E-state index contributed by atoms with van der Waals surface area (Å²) in [6.07, 6.45) is 0. The smallest absolute Gasteiger partial charge is 0.351 e. The van der Waals surface area contributed by atoms with Gasteiger partial charge in [-0.3, -0.25) is 20.4 Å². The van der Waals surface area contributed by atoms with E-state index in [0.29, 0.717) is 21.1 Å². The number of ether oxygens (including phenoxy) is 1. The maximum atomic E-state index is 12.4. The molecule has 0 radical (unpaired) electrons. The van der Waals surface area contributed by atoms with E-state index >= 15 is 0 Å². The number of aromatic nitrogens is 1. The van der Waals surface area contributed by atoms with Crippen LogP contribution in [0.15, 0.2) is 60.7 Å². The molecule has 0 bridgehead atoms. The zero-order valence-electron chi connectivity index (χ0n) is 15.0. The van der Waals surface area contributed by atoms with Crippen LogP contribution in [0.3, 0.4) is 0 Å². The summed E-state index contributed by atoms with van der Waals surface area (Å²) in [4.78, 5) is 40.8. The Morgan fingerprint density at radius 3 is 2.29 bits per heavy atom. The topological polar surface area (TPSA) is 97.4 Å². The molecule has 28 heavy (non-hydrogen) atoms. The van der Waals surface area contributed by atoms with E-state index < -0.39 is 24.4 Å². The van der Waals surface area contributed by atoms with E-state index in [1.807, 2.05) is 30.3 Å². The fourth-order valence-corrected chi connectivity index (χ4v) is 3.21. The number of thiazole rings is 1. The summed E-state index contributed by atoms with van der Waals surface area (Å²) < 4.78 is 5.07. The molecule has 0 aliphatic carbocycles. The molecule has 2 N–H and O–H groups in total. The third kappa shape index (κ3) is 4.80. The number of nitrogens with one attached hydrogen (secondary N) is 2. The molecule has 0 fully saturated rings. The number of aryl methyl sites for hydroxylation is 1. The van der Waals surface area contributed by atoms with Gasteiger partial charge in [0.2, 0.25) is 0 Å². The number of rotatable bonds is 5. The lowest BCUT2D eigenvalue weighted by molar-refractivity contribution is -0.125. The normalized spacial score (nSPS) is 10.2. The Morgan fingerprint density at radius 2 is 1.61 bits per heavy atom. The van der Waals surface area contributed by atoms with Gasteiger partial charge in [0.15, 0.2) is 6.61 Å². The van der Waals surface area contributed by atoms with Crippen molar-refractivity contribution in [1.29, 1.82) is 0 Å². The third-order valence-electron chi connectivity index (χ3n) is 3.65. The Balaban J connectivity index is 1.56. The molecule has 0 unspecified atom stereocenters. The highest BCUT2D eigenvalue weighted by atomic mass is 32.1. The number of benzene rings is 2. The molecule has 8 heteroatoms. The number of nitrogens with zero attached hydrogens (tertiary/aromatic N) is 1. The Morgan fingerprint density at radius 1 is 0.964 bits per heavy atom. The number of carbonyl (C=O) groups is 3. The van der Waals surface area contributed by atoms with Crippen LogP contribution in [0, 0.1) is 6.92 Å². The predicted octanol–water partition coefficient (Wildman–Crippen LogP) is 2.74. The molecule has 3 aromatic rings. The minimum Gasteiger partial charge on any atom is -0.451 e. The lowest BCUT2D eigenvalue weighted by Crippen LogP contribution is -2.43. The molecule has 142 valence electrons. The van der Waals surface area contributed by atoms with Gasteiger partial charge in [-0.05, 0) is 19.1 Å². The van der Waals surface area contributed by atoms with E-state index in [9.17, 15) is 14.4 Å². The highest BCUT2D eigenvalue weighted by Crippen LogP contribution is 2.28. The van der Waals surface area contributed by atoms with Crippen LogP contribution in [-0.4, -0.2) is 29.4 Å². The number of carbonyl (C=O) groups excluding carboxylic acids is 3. The average molecular weight is 395 g/mol. The molecule has 2 amide bonds. The SMILES string of the molecule is Cc1nc(-c2ccccc2)c(C(=O)OCC(=O)NNC(=O)c2ccccc2)s1. The van der Waals surface area contributed by atoms with Crippen LogP contribution >= 0.6 is 11.3 Å².